The number of aryl methyl sites for hydroxylation is 2. The number of fused-ring (bicyclic) bond motifs is 1. The minimum absolute atomic E-state index is 0.0908. The van der Waals surface area contributed by atoms with E-state index in [4.69, 9.17) is 4.42 Å². The van der Waals surface area contributed by atoms with Crippen LogP contribution in [0.1, 0.15) is 21.8 Å². The van der Waals surface area contributed by atoms with E-state index < -0.39 is 0 Å². The van der Waals surface area contributed by atoms with Gasteiger partial charge in [0.05, 0.1) is 5.52 Å². The number of hydrogen-bond donors (Lipinski definition) is 1. The molecule has 2 aromatic heterocycles. The zero-order chi connectivity index (χ0) is 14.1. The summed E-state index contributed by atoms with van der Waals surface area (Å²) in [5, 5.41) is 11.0. The van der Waals surface area contributed by atoms with E-state index in [2.05, 4.69) is 20.5 Å². The van der Waals surface area contributed by atoms with Gasteiger partial charge in [-0.1, -0.05) is 17.2 Å². The maximum absolute atomic E-state index is 12.2. The Morgan fingerprint density at radius 3 is 2.80 bits per heavy atom. The summed E-state index contributed by atoms with van der Waals surface area (Å²) in [6.07, 6.45) is 1.71. The van der Waals surface area contributed by atoms with Crippen LogP contribution in [0.2, 0.25) is 0 Å². The summed E-state index contributed by atoms with van der Waals surface area (Å²) in [7, 11) is 0. The Kier molecular flexibility index (Phi) is 2.90. The molecule has 1 N–H and O–H groups in total. The highest BCUT2D eigenvalue weighted by atomic mass is 16.4. The number of nitrogens with one attached hydrogen (secondary N) is 1. The fraction of sp³-hybridized carbons (Fsp3) is 0.143. The Labute approximate surface area is 114 Å². The Morgan fingerprint density at radius 2 is 2.05 bits per heavy atom. The average Bonchev–Trinajstić information content (AvgIpc) is 2.84. The molecule has 0 aliphatic heterocycles. The van der Waals surface area contributed by atoms with Crippen LogP contribution in [0.3, 0.4) is 0 Å². The lowest BCUT2D eigenvalue weighted by molar-refractivity contribution is 0.102. The normalized spacial score (nSPS) is 10.7. The van der Waals surface area contributed by atoms with Gasteiger partial charge in [0, 0.05) is 24.1 Å². The molecule has 2 heterocycles. The summed E-state index contributed by atoms with van der Waals surface area (Å²) < 4.78 is 5.13. The van der Waals surface area contributed by atoms with Crippen molar-refractivity contribution < 1.29 is 9.21 Å². The Balaban J connectivity index is 1.97. The SMILES string of the molecule is Cc1nnc(NC(=O)c2ccc3cccnc3c2C)o1. The van der Waals surface area contributed by atoms with Crippen molar-refractivity contribution in [3.05, 3.63) is 47.5 Å². The lowest BCUT2D eigenvalue weighted by Crippen LogP contribution is -2.14. The maximum Gasteiger partial charge on any atom is 0.322 e. The number of carbonyl (C=O) groups is 1. The summed E-state index contributed by atoms with van der Waals surface area (Å²) in [5.74, 6) is 0.107. The third-order valence-corrected chi connectivity index (χ3v) is 3.02. The molecule has 0 saturated heterocycles. The van der Waals surface area contributed by atoms with Crippen molar-refractivity contribution in [2.45, 2.75) is 13.8 Å². The zero-order valence-electron chi connectivity index (χ0n) is 11.0. The zero-order valence-corrected chi connectivity index (χ0v) is 11.0. The fourth-order valence-corrected chi connectivity index (χ4v) is 2.05. The van der Waals surface area contributed by atoms with E-state index in [1.54, 1.807) is 19.2 Å². The molecule has 100 valence electrons. The second-order valence-electron chi connectivity index (χ2n) is 4.39. The van der Waals surface area contributed by atoms with Gasteiger partial charge in [-0.05, 0) is 24.6 Å². The molecule has 0 saturated carbocycles. The van der Waals surface area contributed by atoms with Gasteiger partial charge in [0.25, 0.3) is 5.91 Å². The predicted molar refractivity (Wildman–Crippen MR) is 73.5 cm³/mol. The van der Waals surface area contributed by atoms with Crippen LogP contribution in [0.4, 0.5) is 6.01 Å². The molecule has 3 rings (SSSR count). The van der Waals surface area contributed by atoms with Gasteiger partial charge < -0.3 is 4.42 Å². The number of rotatable bonds is 2. The smallest absolute Gasteiger partial charge is 0.322 e. The molecular formula is C14H12N4O2. The molecule has 3 aromatic rings. The number of aromatic nitrogens is 3. The van der Waals surface area contributed by atoms with E-state index >= 15 is 0 Å². The van der Waals surface area contributed by atoms with Gasteiger partial charge in [-0.25, -0.2) is 0 Å². The summed E-state index contributed by atoms with van der Waals surface area (Å²) in [4.78, 5) is 16.5. The number of pyridine rings is 1. The highest BCUT2D eigenvalue weighted by Crippen LogP contribution is 2.20. The van der Waals surface area contributed by atoms with Crippen LogP contribution in [0, 0.1) is 13.8 Å². The highest BCUT2D eigenvalue weighted by Gasteiger charge is 2.14. The lowest BCUT2D eigenvalue weighted by Gasteiger charge is -2.07. The van der Waals surface area contributed by atoms with E-state index in [0.29, 0.717) is 11.5 Å². The van der Waals surface area contributed by atoms with Gasteiger partial charge in [0.2, 0.25) is 5.89 Å². The first-order valence-electron chi connectivity index (χ1n) is 6.11. The molecule has 1 amide bonds. The van der Waals surface area contributed by atoms with Crippen molar-refractivity contribution in [2.24, 2.45) is 0 Å². The Bertz CT molecular complexity index is 795. The van der Waals surface area contributed by atoms with Crippen molar-refractivity contribution in [3.8, 4) is 0 Å². The van der Waals surface area contributed by atoms with Crippen LogP contribution in [-0.2, 0) is 0 Å². The standard InChI is InChI=1S/C14H12N4O2/c1-8-11(6-5-10-4-3-7-15-12(8)10)13(19)16-14-18-17-9(2)20-14/h3-7H,1-2H3,(H,16,18,19). The second kappa shape index (κ2) is 4.73. The average molecular weight is 268 g/mol. The van der Waals surface area contributed by atoms with E-state index in [-0.39, 0.29) is 11.9 Å². The lowest BCUT2D eigenvalue weighted by atomic mass is 10.0. The molecule has 6 nitrogen and oxygen atoms in total. The van der Waals surface area contributed by atoms with Crippen molar-refractivity contribution >= 4 is 22.8 Å². The van der Waals surface area contributed by atoms with Crippen LogP contribution in [0.15, 0.2) is 34.9 Å². The van der Waals surface area contributed by atoms with Crippen LogP contribution in [0.25, 0.3) is 10.9 Å². The van der Waals surface area contributed by atoms with Crippen molar-refractivity contribution in [2.75, 3.05) is 5.32 Å². The van der Waals surface area contributed by atoms with Crippen molar-refractivity contribution in [3.63, 3.8) is 0 Å². The third-order valence-electron chi connectivity index (χ3n) is 3.02. The fourth-order valence-electron chi connectivity index (χ4n) is 2.05. The summed E-state index contributed by atoms with van der Waals surface area (Å²) in [6.45, 7) is 3.52. The number of benzene rings is 1. The molecule has 0 spiro atoms. The summed E-state index contributed by atoms with van der Waals surface area (Å²) in [5.41, 5.74) is 2.16. The molecule has 0 unspecified atom stereocenters. The number of amides is 1. The maximum atomic E-state index is 12.2. The van der Waals surface area contributed by atoms with Gasteiger partial charge in [0.1, 0.15) is 0 Å². The third kappa shape index (κ3) is 2.11. The largest absolute Gasteiger partial charge is 0.408 e. The number of nitrogens with zero attached hydrogens (tertiary/aromatic N) is 3. The van der Waals surface area contributed by atoms with E-state index in [0.717, 1.165) is 16.5 Å². The Hall–Kier alpha value is -2.76. The highest BCUT2D eigenvalue weighted by molar-refractivity contribution is 6.06. The van der Waals surface area contributed by atoms with Crippen molar-refractivity contribution in [1.82, 2.24) is 15.2 Å². The molecule has 0 radical (unpaired) electrons. The summed E-state index contributed by atoms with van der Waals surface area (Å²) >= 11 is 0. The molecule has 0 aliphatic carbocycles. The topological polar surface area (TPSA) is 80.9 Å². The molecule has 0 fully saturated rings. The van der Waals surface area contributed by atoms with Crippen molar-refractivity contribution in [1.29, 1.82) is 0 Å². The van der Waals surface area contributed by atoms with E-state index in [1.807, 2.05) is 25.1 Å². The van der Waals surface area contributed by atoms with Gasteiger partial charge >= 0.3 is 6.01 Å². The van der Waals surface area contributed by atoms with Gasteiger partial charge in [-0.2, -0.15) is 0 Å². The first-order valence-corrected chi connectivity index (χ1v) is 6.11. The molecule has 0 bridgehead atoms. The minimum atomic E-state index is -0.293. The van der Waals surface area contributed by atoms with E-state index in [9.17, 15) is 4.79 Å². The molecule has 6 heteroatoms. The van der Waals surface area contributed by atoms with E-state index in [1.165, 1.54) is 0 Å². The molecule has 1 aromatic carbocycles. The van der Waals surface area contributed by atoms with Gasteiger partial charge in [-0.3, -0.25) is 15.1 Å². The monoisotopic (exact) mass is 268 g/mol. The van der Waals surface area contributed by atoms with Crippen LogP contribution >= 0.6 is 0 Å². The first kappa shape index (κ1) is 12.3. The van der Waals surface area contributed by atoms with Gasteiger partial charge in [-0.15, -0.1) is 5.10 Å². The number of carbonyl (C=O) groups excluding carboxylic acids is 1. The second-order valence-corrected chi connectivity index (χ2v) is 4.39. The predicted octanol–water partition coefficient (Wildman–Crippen LogP) is 2.49. The van der Waals surface area contributed by atoms with Crippen LogP contribution in [0.5, 0.6) is 0 Å². The first-order chi connectivity index (χ1) is 9.65. The molecular weight excluding hydrogens is 256 g/mol. The summed E-state index contributed by atoms with van der Waals surface area (Å²) in [6, 6.07) is 7.54. The minimum Gasteiger partial charge on any atom is -0.408 e. The molecule has 20 heavy (non-hydrogen) atoms. The molecule has 0 aliphatic rings. The van der Waals surface area contributed by atoms with Crippen LogP contribution < -0.4 is 5.32 Å². The van der Waals surface area contributed by atoms with Crippen LogP contribution in [-0.4, -0.2) is 21.1 Å². The Morgan fingerprint density at radius 1 is 1.20 bits per heavy atom. The quantitative estimate of drug-likeness (QED) is 0.772. The van der Waals surface area contributed by atoms with Gasteiger partial charge in [0.15, 0.2) is 0 Å². The molecule has 0 atom stereocenters. The number of anilines is 1. The number of hydrogen-bond acceptors (Lipinski definition) is 5.